The first kappa shape index (κ1) is 12.5. The first-order chi connectivity index (χ1) is 8.56. The van der Waals surface area contributed by atoms with Crippen molar-refractivity contribution in [3.63, 3.8) is 0 Å². The molecule has 1 aromatic heterocycles. The Bertz CT molecular complexity index is 589. The number of hydrogen-bond donors (Lipinski definition) is 1. The Morgan fingerprint density at radius 3 is 2.89 bits per heavy atom. The van der Waals surface area contributed by atoms with Crippen molar-refractivity contribution in [3.8, 4) is 5.75 Å². The SMILES string of the molecule is Nc1nnc(COc2ccc(Cl)c([N+](=O)[O-])c2)s1. The van der Waals surface area contributed by atoms with Crippen molar-refractivity contribution in [1.82, 2.24) is 10.2 Å². The lowest BCUT2D eigenvalue weighted by atomic mass is 10.3. The van der Waals surface area contributed by atoms with Gasteiger partial charge < -0.3 is 10.5 Å². The quantitative estimate of drug-likeness (QED) is 0.683. The van der Waals surface area contributed by atoms with Gasteiger partial charge in [-0.05, 0) is 12.1 Å². The summed E-state index contributed by atoms with van der Waals surface area (Å²) in [4.78, 5) is 10.1. The van der Waals surface area contributed by atoms with E-state index in [-0.39, 0.29) is 17.3 Å². The predicted octanol–water partition coefficient (Wildman–Crippen LogP) is 2.26. The van der Waals surface area contributed by atoms with Gasteiger partial charge in [0, 0.05) is 0 Å². The summed E-state index contributed by atoms with van der Waals surface area (Å²) < 4.78 is 5.34. The molecule has 2 rings (SSSR count). The molecule has 0 spiro atoms. The largest absolute Gasteiger partial charge is 0.486 e. The lowest BCUT2D eigenvalue weighted by Crippen LogP contribution is -1.96. The van der Waals surface area contributed by atoms with E-state index in [2.05, 4.69) is 10.2 Å². The van der Waals surface area contributed by atoms with Crippen LogP contribution in [0.2, 0.25) is 5.02 Å². The van der Waals surface area contributed by atoms with Gasteiger partial charge in [-0.2, -0.15) is 0 Å². The van der Waals surface area contributed by atoms with Gasteiger partial charge >= 0.3 is 0 Å². The van der Waals surface area contributed by atoms with Gasteiger partial charge in [0.1, 0.15) is 17.4 Å². The smallest absolute Gasteiger partial charge is 0.291 e. The summed E-state index contributed by atoms with van der Waals surface area (Å²) in [5, 5.41) is 19.1. The fraction of sp³-hybridized carbons (Fsp3) is 0.111. The average Bonchev–Trinajstić information content (AvgIpc) is 2.74. The van der Waals surface area contributed by atoms with Crippen LogP contribution >= 0.6 is 22.9 Å². The van der Waals surface area contributed by atoms with Crippen molar-refractivity contribution in [3.05, 3.63) is 38.3 Å². The van der Waals surface area contributed by atoms with Crippen molar-refractivity contribution in [1.29, 1.82) is 0 Å². The molecule has 0 unspecified atom stereocenters. The number of nitrogens with two attached hydrogens (primary N) is 1. The summed E-state index contributed by atoms with van der Waals surface area (Å²) in [6.45, 7) is 0.146. The second-order valence-corrected chi connectivity index (χ2v) is 4.69. The summed E-state index contributed by atoms with van der Waals surface area (Å²) in [6, 6.07) is 4.20. The Balaban J connectivity index is 2.10. The fourth-order valence-electron chi connectivity index (χ4n) is 1.19. The average molecular weight is 287 g/mol. The van der Waals surface area contributed by atoms with E-state index in [0.717, 1.165) is 0 Å². The molecule has 94 valence electrons. The standard InChI is InChI=1S/C9H7ClN4O3S/c10-6-2-1-5(3-7(6)14(15)16)17-4-8-12-13-9(11)18-8/h1-3H,4H2,(H2,11,13). The molecule has 0 saturated heterocycles. The molecular formula is C9H7ClN4O3S. The molecule has 18 heavy (non-hydrogen) atoms. The van der Waals surface area contributed by atoms with E-state index < -0.39 is 4.92 Å². The van der Waals surface area contributed by atoms with Gasteiger partial charge in [0.25, 0.3) is 5.69 Å². The van der Waals surface area contributed by atoms with Gasteiger partial charge in [0.2, 0.25) is 5.13 Å². The summed E-state index contributed by atoms with van der Waals surface area (Å²) >= 11 is 6.87. The normalized spacial score (nSPS) is 10.3. The highest BCUT2D eigenvalue weighted by Gasteiger charge is 2.13. The van der Waals surface area contributed by atoms with Gasteiger partial charge in [-0.3, -0.25) is 10.1 Å². The van der Waals surface area contributed by atoms with Gasteiger partial charge in [-0.25, -0.2) is 0 Å². The fourth-order valence-corrected chi connectivity index (χ4v) is 1.90. The molecule has 0 atom stereocenters. The number of nitro benzene ring substituents is 1. The Morgan fingerprint density at radius 1 is 1.50 bits per heavy atom. The predicted molar refractivity (Wildman–Crippen MR) is 66.8 cm³/mol. The number of nitro groups is 1. The maximum absolute atomic E-state index is 10.7. The molecule has 0 aliphatic carbocycles. The Hall–Kier alpha value is -1.93. The molecule has 0 fully saturated rings. The minimum Gasteiger partial charge on any atom is -0.486 e. The molecule has 0 aliphatic heterocycles. The van der Waals surface area contributed by atoms with Crippen molar-refractivity contribution in [2.45, 2.75) is 6.61 Å². The molecule has 1 heterocycles. The number of nitrogen functional groups attached to an aromatic ring is 1. The summed E-state index contributed by atoms with van der Waals surface area (Å²) in [5.41, 5.74) is 5.21. The zero-order chi connectivity index (χ0) is 13.1. The molecule has 1 aromatic carbocycles. The van der Waals surface area contributed by atoms with Gasteiger partial charge in [-0.15, -0.1) is 10.2 Å². The van der Waals surface area contributed by atoms with Crippen LogP contribution in [-0.4, -0.2) is 15.1 Å². The maximum atomic E-state index is 10.7. The van der Waals surface area contributed by atoms with Crippen molar-refractivity contribution in [2.75, 3.05) is 5.73 Å². The third-order valence-corrected chi connectivity index (χ3v) is 3.00. The molecule has 0 saturated carbocycles. The van der Waals surface area contributed by atoms with E-state index in [4.69, 9.17) is 22.1 Å². The van der Waals surface area contributed by atoms with Gasteiger partial charge in [-0.1, -0.05) is 22.9 Å². The molecule has 0 radical (unpaired) electrons. The first-order valence-electron chi connectivity index (χ1n) is 4.71. The van der Waals surface area contributed by atoms with Crippen LogP contribution in [0, 0.1) is 10.1 Å². The Labute approximate surface area is 110 Å². The van der Waals surface area contributed by atoms with Crippen LogP contribution in [0.4, 0.5) is 10.8 Å². The highest BCUT2D eigenvalue weighted by molar-refractivity contribution is 7.15. The van der Waals surface area contributed by atoms with Crippen molar-refractivity contribution in [2.24, 2.45) is 0 Å². The van der Waals surface area contributed by atoms with E-state index in [0.29, 0.717) is 15.9 Å². The van der Waals surface area contributed by atoms with Crippen LogP contribution in [0.1, 0.15) is 5.01 Å². The number of halogens is 1. The lowest BCUT2D eigenvalue weighted by molar-refractivity contribution is -0.384. The van der Waals surface area contributed by atoms with Gasteiger partial charge in [0.05, 0.1) is 11.0 Å². The van der Waals surface area contributed by atoms with Crippen LogP contribution in [0.15, 0.2) is 18.2 Å². The first-order valence-corrected chi connectivity index (χ1v) is 5.90. The molecular weight excluding hydrogens is 280 g/mol. The third kappa shape index (κ3) is 2.84. The number of anilines is 1. The zero-order valence-electron chi connectivity index (χ0n) is 8.87. The topological polar surface area (TPSA) is 104 Å². The maximum Gasteiger partial charge on any atom is 0.291 e. The molecule has 9 heteroatoms. The molecule has 7 nitrogen and oxygen atoms in total. The Morgan fingerprint density at radius 2 is 2.28 bits per heavy atom. The molecule has 2 aromatic rings. The van der Waals surface area contributed by atoms with E-state index in [9.17, 15) is 10.1 Å². The molecule has 2 N–H and O–H groups in total. The van der Waals surface area contributed by atoms with E-state index in [1.54, 1.807) is 6.07 Å². The van der Waals surface area contributed by atoms with E-state index in [1.165, 1.54) is 23.5 Å². The van der Waals surface area contributed by atoms with E-state index >= 15 is 0 Å². The Kier molecular flexibility index (Phi) is 3.58. The summed E-state index contributed by atoms with van der Waals surface area (Å²) in [5.74, 6) is 0.333. The highest BCUT2D eigenvalue weighted by atomic mass is 35.5. The number of rotatable bonds is 4. The van der Waals surface area contributed by atoms with E-state index in [1.807, 2.05) is 0 Å². The number of ether oxygens (including phenoxy) is 1. The molecule has 0 amide bonds. The number of nitrogens with zero attached hydrogens (tertiary/aromatic N) is 3. The van der Waals surface area contributed by atoms with Crippen LogP contribution in [0.5, 0.6) is 5.75 Å². The minimum absolute atomic E-state index is 0.0625. The molecule has 0 bridgehead atoms. The monoisotopic (exact) mass is 286 g/mol. The van der Waals surface area contributed by atoms with Crippen LogP contribution < -0.4 is 10.5 Å². The highest BCUT2D eigenvalue weighted by Crippen LogP contribution is 2.29. The lowest BCUT2D eigenvalue weighted by Gasteiger charge is -2.03. The number of aromatic nitrogens is 2. The van der Waals surface area contributed by atoms with Crippen LogP contribution in [-0.2, 0) is 6.61 Å². The number of hydrogen-bond acceptors (Lipinski definition) is 7. The summed E-state index contributed by atoms with van der Waals surface area (Å²) in [7, 11) is 0. The van der Waals surface area contributed by atoms with Crippen molar-refractivity contribution < 1.29 is 9.66 Å². The third-order valence-electron chi connectivity index (χ3n) is 1.96. The summed E-state index contributed by atoms with van der Waals surface area (Å²) in [6.07, 6.45) is 0. The van der Waals surface area contributed by atoms with Crippen LogP contribution in [0.25, 0.3) is 0 Å². The van der Waals surface area contributed by atoms with Crippen molar-refractivity contribution >= 4 is 33.8 Å². The second-order valence-electron chi connectivity index (χ2n) is 3.19. The second kappa shape index (κ2) is 5.15. The molecule has 0 aliphatic rings. The minimum atomic E-state index is -0.571. The van der Waals surface area contributed by atoms with Gasteiger partial charge in [0.15, 0.2) is 5.01 Å². The van der Waals surface area contributed by atoms with Crippen LogP contribution in [0.3, 0.4) is 0 Å². The zero-order valence-corrected chi connectivity index (χ0v) is 10.4. The number of benzene rings is 1.